The molecular weight excluding hydrogens is 411 g/mol. The molecule has 0 spiro atoms. The molecule has 32 heavy (non-hydrogen) atoms. The van der Waals surface area contributed by atoms with Crippen molar-refractivity contribution >= 4 is 17.7 Å². The number of benzene rings is 1. The number of halogens is 1. The highest BCUT2D eigenvalue weighted by Gasteiger charge is 2.28. The van der Waals surface area contributed by atoms with E-state index < -0.39 is 0 Å². The summed E-state index contributed by atoms with van der Waals surface area (Å²) < 4.78 is 20.8. The molecule has 7 nitrogen and oxygen atoms in total. The molecule has 0 radical (unpaired) electrons. The summed E-state index contributed by atoms with van der Waals surface area (Å²) in [4.78, 5) is 35.8. The summed E-state index contributed by atoms with van der Waals surface area (Å²) in [5.41, 5.74) is 2.60. The molecule has 4 rings (SSSR count). The van der Waals surface area contributed by atoms with E-state index >= 15 is 0 Å². The Morgan fingerprint density at radius 3 is 2.50 bits per heavy atom. The molecule has 0 saturated carbocycles. The van der Waals surface area contributed by atoms with Crippen molar-refractivity contribution in [3.05, 3.63) is 71.6 Å². The number of anilines is 1. The summed E-state index contributed by atoms with van der Waals surface area (Å²) in [7, 11) is 0. The molecule has 0 bridgehead atoms. The summed E-state index contributed by atoms with van der Waals surface area (Å²) in [5, 5.41) is 0. The molecule has 2 aromatic heterocycles. The average molecular weight is 436 g/mol. The normalized spacial score (nSPS) is 14.4. The first kappa shape index (κ1) is 21.7. The second-order valence-electron chi connectivity index (χ2n) is 7.94. The highest BCUT2D eigenvalue weighted by Crippen LogP contribution is 2.23. The number of ether oxygens (including phenoxy) is 1. The third-order valence-electron chi connectivity index (χ3n) is 5.81. The smallest absolute Gasteiger partial charge is 0.309 e. The van der Waals surface area contributed by atoms with E-state index in [2.05, 4.69) is 9.97 Å². The van der Waals surface area contributed by atoms with Gasteiger partial charge >= 0.3 is 5.97 Å². The third kappa shape index (κ3) is 4.54. The van der Waals surface area contributed by atoms with Gasteiger partial charge in [0.25, 0.3) is 0 Å². The van der Waals surface area contributed by atoms with Crippen LogP contribution in [0, 0.1) is 25.6 Å². The van der Waals surface area contributed by atoms with Crippen LogP contribution in [0.4, 0.5) is 10.3 Å². The Hall–Kier alpha value is -3.55. The summed E-state index contributed by atoms with van der Waals surface area (Å²) >= 11 is 0. The number of esters is 1. The van der Waals surface area contributed by atoms with Gasteiger partial charge in [-0.3, -0.25) is 9.59 Å². The minimum absolute atomic E-state index is 0.248. The van der Waals surface area contributed by atoms with Crippen LogP contribution >= 0.6 is 0 Å². The van der Waals surface area contributed by atoms with Gasteiger partial charge in [0.15, 0.2) is 6.61 Å². The van der Waals surface area contributed by atoms with E-state index in [-0.39, 0.29) is 30.1 Å². The van der Waals surface area contributed by atoms with Crippen LogP contribution in [0.5, 0.6) is 0 Å². The standard InChI is InChI=1S/C24H25FN4O3/c1-16-13-21(17(2)29(16)20-6-3-5-19(25)14-20)22(30)15-32-23(31)18-7-11-28(12-8-18)24-26-9-4-10-27-24/h3-6,9-10,13-14,18H,7-8,11-12,15H2,1-2H3. The zero-order valence-corrected chi connectivity index (χ0v) is 18.1. The minimum Gasteiger partial charge on any atom is -0.457 e. The van der Waals surface area contributed by atoms with E-state index in [0.29, 0.717) is 48.8 Å². The highest BCUT2D eigenvalue weighted by molar-refractivity contribution is 5.99. The molecule has 0 unspecified atom stereocenters. The molecule has 1 aromatic carbocycles. The Labute approximate surface area is 185 Å². The lowest BCUT2D eigenvalue weighted by Gasteiger charge is -2.30. The number of ketones is 1. The van der Waals surface area contributed by atoms with Crippen molar-refractivity contribution in [2.75, 3.05) is 24.6 Å². The molecule has 3 aromatic rings. The zero-order valence-electron chi connectivity index (χ0n) is 18.1. The summed E-state index contributed by atoms with van der Waals surface area (Å²) in [5.74, 6) is -0.567. The number of carbonyl (C=O) groups is 2. The molecule has 0 N–H and O–H groups in total. The zero-order chi connectivity index (χ0) is 22.7. The van der Waals surface area contributed by atoms with Gasteiger partial charge in [0, 0.05) is 48.1 Å². The molecule has 0 amide bonds. The fraction of sp³-hybridized carbons (Fsp3) is 0.333. The Morgan fingerprint density at radius 2 is 1.81 bits per heavy atom. The van der Waals surface area contributed by atoms with E-state index in [9.17, 15) is 14.0 Å². The van der Waals surface area contributed by atoms with E-state index in [1.54, 1.807) is 43.6 Å². The molecule has 1 aliphatic rings. The van der Waals surface area contributed by atoms with Gasteiger partial charge in [-0.1, -0.05) is 6.07 Å². The fourth-order valence-corrected chi connectivity index (χ4v) is 4.16. The lowest BCUT2D eigenvalue weighted by molar-refractivity contribution is -0.148. The van der Waals surface area contributed by atoms with E-state index in [1.807, 2.05) is 16.4 Å². The number of hydrogen-bond acceptors (Lipinski definition) is 6. The van der Waals surface area contributed by atoms with E-state index in [4.69, 9.17) is 4.74 Å². The fourth-order valence-electron chi connectivity index (χ4n) is 4.16. The maximum Gasteiger partial charge on any atom is 0.309 e. The van der Waals surface area contributed by atoms with Crippen molar-refractivity contribution in [1.82, 2.24) is 14.5 Å². The minimum atomic E-state index is -0.356. The number of piperidine rings is 1. The van der Waals surface area contributed by atoms with Gasteiger partial charge < -0.3 is 14.2 Å². The lowest BCUT2D eigenvalue weighted by Crippen LogP contribution is -2.38. The molecule has 1 fully saturated rings. The van der Waals surface area contributed by atoms with Crippen LogP contribution in [-0.2, 0) is 9.53 Å². The van der Waals surface area contributed by atoms with Gasteiger partial charge in [0.05, 0.1) is 5.92 Å². The number of hydrogen-bond donors (Lipinski definition) is 0. The Kier molecular flexibility index (Phi) is 6.30. The average Bonchev–Trinajstić information content (AvgIpc) is 3.11. The molecule has 3 heterocycles. The number of aromatic nitrogens is 3. The molecule has 1 aliphatic heterocycles. The first-order valence-corrected chi connectivity index (χ1v) is 10.6. The van der Waals surface area contributed by atoms with Crippen LogP contribution in [0.25, 0.3) is 5.69 Å². The molecule has 1 saturated heterocycles. The van der Waals surface area contributed by atoms with Gasteiger partial charge in [-0.05, 0) is 57.0 Å². The van der Waals surface area contributed by atoms with Crippen molar-refractivity contribution in [2.45, 2.75) is 26.7 Å². The number of aryl methyl sites for hydroxylation is 1. The number of Topliss-reactive ketones (excluding diaryl/α,β-unsaturated/α-hetero) is 1. The van der Waals surface area contributed by atoms with Crippen LogP contribution in [-0.4, -0.2) is 46.0 Å². The van der Waals surface area contributed by atoms with Crippen LogP contribution in [0.1, 0.15) is 34.6 Å². The van der Waals surface area contributed by atoms with Gasteiger partial charge in [-0.2, -0.15) is 0 Å². The van der Waals surface area contributed by atoms with Gasteiger partial charge in [-0.15, -0.1) is 0 Å². The maximum atomic E-state index is 13.6. The van der Waals surface area contributed by atoms with Gasteiger partial charge in [0.1, 0.15) is 5.82 Å². The predicted molar refractivity (Wildman–Crippen MR) is 117 cm³/mol. The second kappa shape index (κ2) is 9.30. The van der Waals surface area contributed by atoms with Crippen LogP contribution in [0.2, 0.25) is 0 Å². The summed E-state index contributed by atoms with van der Waals surface area (Å²) in [6.07, 6.45) is 4.64. The summed E-state index contributed by atoms with van der Waals surface area (Å²) in [6.45, 7) is 4.66. The SMILES string of the molecule is Cc1cc(C(=O)COC(=O)C2CCN(c3ncccn3)CC2)c(C)n1-c1cccc(F)c1. The second-order valence-corrected chi connectivity index (χ2v) is 7.94. The quantitative estimate of drug-likeness (QED) is 0.434. The van der Waals surface area contributed by atoms with Crippen molar-refractivity contribution in [3.8, 4) is 5.69 Å². The molecule has 8 heteroatoms. The van der Waals surface area contributed by atoms with E-state index in [1.165, 1.54) is 12.1 Å². The first-order valence-electron chi connectivity index (χ1n) is 10.6. The van der Waals surface area contributed by atoms with Crippen LogP contribution in [0.3, 0.4) is 0 Å². The summed E-state index contributed by atoms with van der Waals surface area (Å²) in [6, 6.07) is 9.71. The topological polar surface area (TPSA) is 77.3 Å². The molecular formula is C24H25FN4O3. The van der Waals surface area contributed by atoms with Crippen molar-refractivity contribution < 1.29 is 18.7 Å². The molecule has 0 atom stereocenters. The van der Waals surface area contributed by atoms with Gasteiger partial charge in [0.2, 0.25) is 11.7 Å². The number of carbonyl (C=O) groups excluding carboxylic acids is 2. The first-order chi connectivity index (χ1) is 15.4. The third-order valence-corrected chi connectivity index (χ3v) is 5.81. The van der Waals surface area contributed by atoms with Gasteiger partial charge in [-0.25, -0.2) is 14.4 Å². The number of rotatable bonds is 6. The maximum absolute atomic E-state index is 13.6. The van der Waals surface area contributed by atoms with Crippen molar-refractivity contribution in [2.24, 2.45) is 5.92 Å². The molecule has 166 valence electrons. The van der Waals surface area contributed by atoms with Crippen LogP contribution < -0.4 is 4.90 Å². The van der Waals surface area contributed by atoms with Crippen molar-refractivity contribution in [3.63, 3.8) is 0 Å². The van der Waals surface area contributed by atoms with Crippen LogP contribution in [0.15, 0.2) is 48.8 Å². The highest BCUT2D eigenvalue weighted by atomic mass is 19.1. The lowest BCUT2D eigenvalue weighted by atomic mass is 9.97. The van der Waals surface area contributed by atoms with Crippen molar-refractivity contribution in [1.29, 1.82) is 0 Å². The Morgan fingerprint density at radius 1 is 1.09 bits per heavy atom. The largest absolute Gasteiger partial charge is 0.457 e. The predicted octanol–water partition coefficient (Wildman–Crippen LogP) is 3.67. The number of nitrogens with zero attached hydrogens (tertiary/aromatic N) is 4. The Balaban J connectivity index is 1.35. The monoisotopic (exact) mass is 436 g/mol. The molecule has 0 aliphatic carbocycles. The van der Waals surface area contributed by atoms with E-state index in [0.717, 1.165) is 5.69 Å². The Bertz CT molecular complexity index is 1120.